The van der Waals surface area contributed by atoms with Gasteiger partial charge >= 0.3 is 197 Å². The third-order valence-corrected chi connectivity index (χ3v) is 11.4. The van der Waals surface area contributed by atoms with E-state index in [1.807, 2.05) is 0 Å². The molecule has 0 N–H and O–H groups in total. The molecule has 0 saturated carbocycles. The number of halogens is 2. The van der Waals surface area contributed by atoms with Crippen LogP contribution in [0, 0.1) is 0 Å². The Bertz CT molecular complexity index is 1360. The molecule has 0 unspecified atom stereocenters. The molecule has 0 fully saturated rings. The molecule has 166 valence electrons. The molecule has 0 nitrogen and oxygen atoms in total. The van der Waals surface area contributed by atoms with Gasteiger partial charge in [0.25, 0.3) is 0 Å². The van der Waals surface area contributed by atoms with Crippen molar-refractivity contribution in [2.24, 2.45) is 0 Å². The molecule has 34 heavy (non-hydrogen) atoms. The Morgan fingerprint density at radius 2 is 1.24 bits per heavy atom. The summed E-state index contributed by atoms with van der Waals surface area (Å²) in [5, 5.41) is 0. The maximum Gasteiger partial charge on any atom is -1.00 e. The summed E-state index contributed by atoms with van der Waals surface area (Å²) in [6.07, 6.45) is 9.12. The molecule has 0 heterocycles. The SMILES string of the molecule is C1=CC[C]([Ti+2](=[C](c2ccccc2)c2ccccc2)[c]2cccc3c2Cc2ccccc2-3)=C1.[Cl-].[Cl-]. The first-order valence-corrected chi connectivity index (χ1v) is 13.7. The molecular weight excluding hydrogens is 491 g/mol. The molecule has 6 rings (SSSR count). The van der Waals surface area contributed by atoms with Crippen LogP contribution in [0.3, 0.4) is 0 Å². The Labute approximate surface area is 220 Å². The summed E-state index contributed by atoms with van der Waals surface area (Å²) in [5.74, 6) is 0. The van der Waals surface area contributed by atoms with E-state index in [1.165, 1.54) is 27.8 Å². The number of rotatable bonds is 4. The van der Waals surface area contributed by atoms with Gasteiger partial charge in [-0.25, -0.2) is 0 Å². The van der Waals surface area contributed by atoms with Gasteiger partial charge in [0, 0.05) is 0 Å². The van der Waals surface area contributed by atoms with E-state index in [1.54, 1.807) is 17.1 Å². The van der Waals surface area contributed by atoms with Crippen LogP contribution < -0.4 is 28.7 Å². The van der Waals surface area contributed by atoms with E-state index in [0.717, 1.165) is 12.8 Å². The zero-order valence-electron chi connectivity index (χ0n) is 18.7. The number of fused-ring (bicyclic) bond motifs is 3. The number of hydrogen-bond donors (Lipinski definition) is 0. The van der Waals surface area contributed by atoms with Gasteiger partial charge in [-0.1, -0.05) is 0 Å². The van der Waals surface area contributed by atoms with Crippen LogP contribution in [-0.4, -0.2) is 3.81 Å². The van der Waals surface area contributed by atoms with Crippen molar-refractivity contribution in [2.75, 3.05) is 0 Å². The topological polar surface area (TPSA) is 0 Å². The summed E-state index contributed by atoms with van der Waals surface area (Å²) >= 11 is -2.05. The number of allylic oxidation sites excluding steroid dienone is 4. The van der Waals surface area contributed by atoms with Gasteiger partial charge in [-0.3, -0.25) is 0 Å². The Hall–Kier alpha value is -2.48. The third kappa shape index (κ3) is 4.44. The van der Waals surface area contributed by atoms with Crippen LogP contribution >= 0.6 is 0 Å². The number of hydrogen-bond acceptors (Lipinski definition) is 0. The van der Waals surface area contributed by atoms with Crippen molar-refractivity contribution in [3.8, 4) is 11.1 Å². The molecule has 2 aliphatic rings. The first kappa shape index (κ1) is 24.6. The van der Waals surface area contributed by atoms with Crippen LogP contribution in [0.5, 0.6) is 0 Å². The van der Waals surface area contributed by atoms with Crippen molar-refractivity contribution < 1.29 is 42.2 Å². The minimum atomic E-state index is -2.05. The van der Waals surface area contributed by atoms with Crippen LogP contribution in [0.15, 0.2) is 125 Å². The standard InChI is InChI=1S/C13H9.C13H10.C5H5.2ClH.Ti/c1-3-7-12-10(5-1)9-11-6-2-4-8-13(11)12;1-3-7-12(8-4-1)11-13-9-5-2-6-10-13;1-2-4-5-3-1;;;/h1-5,7-8H,9H2;1-10H;1-3H,4H2;2*1H;/q;;;;;+2/p-2. The normalized spacial score (nSPS) is 12.4. The van der Waals surface area contributed by atoms with Crippen molar-refractivity contribution in [3.05, 3.63) is 147 Å². The third-order valence-electron chi connectivity index (χ3n) is 6.59. The molecule has 0 radical (unpaired) electrons. The van der Waals surface area contributed by atoms with E-state index in [9.17, 15) is 0 Å². The maximum atomic E-state index is 2.44. The van der Waals surface area contributed by atoms with Crippen molar-refractivity contribution in [3.63, 3.8) is 0 Å². The quantitative estimate of drug-likeness (QED) is 0.308. The van der Waals surface area contributed by atoms with E-state index in [0.29, 0.717) is 0 Å². The summed E-state index contributed by atoms with van der Waals surface area (Å²) in [7, 11) is 0. The molecule has 0 spiro atoms. The van der Waals surface area contributed by atoms with E-state index in [-0.39, 0.29) is 24.8 Å². The fraction of sp³-hybridized carbons (Fsp3) is 0.0645. The van der Waals surface area contributed by atoms with Gasteiger partial charge in [0.15, 0.2) is 0 Å². The first-order chi connectivity index (χ1) is 15.9. The summed E-state index contributed by atoms with van der Waals surface area (Å²) < 4.78 is 4.80. The van der Waals surface area contributed by atoms with E-state index >= 15 is 0 Å². The minimum absolute atomic E-state index is 0. The zero-order valence-corrected chi connectivity index (χ0v) is 21.8. The molecule has 4 aromatic rings. The molecule has 0 aliphatic heterocycles. The van der Waals surface area contributed by atoms with Crippen molar-refractivity contribution in [2.45, 2.75) is 12.8 Å². The summed E-state index contributed by atoms with van der Waals surface area (Å²) in [4.78, 5) is 0. The number of benzene rings is 4. The predicted octanol–water partition coefficient (Wildman–Crippen LogP) is 0.622. The molecule has 4 aromatic carbocycles. The Morgan fingerprint density at radius 1 is 0.618 bits per heavy atom. The molecular formula is C31H24Cl2Ti. The molecule has 0 saturated heterocycles. The van der Waals surface area contributed by atoms with Gasteiger partial charge < -0.3 is 24.8 Å². The summed E-state index contributed by atoms with van der Waals surface area (Å²) in [6.45, 7) is 0. The molecule has 0 amide bonds. The van der Waals surface area contributed by atoms with Gasteiger partial charge in [-0.15, -0.1) is 0 Å². The van der Waals surface area contributed by atoms with Crippen LogP contribution in [-0.2, 0) is 23.8 Å². The minimum Gasteiger partial charge on any atom is -1.00 e. The van der Waals surface area contributed by atoms with Crippen LogP contribution in [0.4, 0.5) is 0 Å². The van der Waals surface area contributed by atoms with E-state index < -0.39 is 17.4 Å². The second-order valence-corrected chi connectivity index (χ2v) is 12.3. The second-order valence-electron chi connectivity index (χ2n) is 8.47. The molecule has 0 aromatic heterocycles. The Kier molecular flexibility index (Phi) is 7.86. The molecule has 2 aliphatic carbocycles. The fourth-order valence-corrected chi connectivity index (χ4v) is 10.2. The fourth-order valence-electron chi connectivity index (χ4n) is 5.16. The average Bonchev–Trinajstić information content (AvgIpc) is 3.52. The van der Waals surface area contributed by atoms with Gasteiger partial charge in [0.2, 0.25) is 0 Å². The summed E-state index contributed by atoms with van der Waals surface area (Å²) in [6, 6.07) is 38.2. The van der Waals surface area contributed by atoms with Gasteiger partial charge in [0.05, 0.1) is 0 Å². The van der Waals surface area contributed by atoms with Gasteiger partial charge in [-0.2, -0.15) is 0 Å². The first-order valence-electron chi connectivity index (χ1n) is 11.3. The Balaban J connectivity index is 0.00000137. The van der Waals surface area contributed by atoms with Gasteiger partial charge in [-0.05, 0) is 0 Å². The second kappa shape index (κ2) is 10.8. The van der Waals surface area contributed by atoms with Crippen LogP contribution in [0.25, 0.3) is 11.1 Å². The van der Waals surface area contributed by atoms with E-state index in [4.69, 9.17) is 0 Å². The molecule has 3 heteroatoms. The molecule has 0 atom stereocenters. The largest absolute Gasteiger partial charge is 1.00 e. The molecule has 0 bridgehead atoms. The van der Waals surface area contributed by atoms with Crippen molar-refractivity contribution in [1.82, 2.24) is 0 Å². The maximum absolute atomic E-state index is 2.44. The summed E-state index contributed by atoms with van der Waals surface area (Å²) in [5.41, 5.74) is 8.62. The van der Waals surface area contributed by atoms with Crippen molar-refractivity contribution in [1.29, 1.82) is 0 Å². The smallest absolute Gasteiger partial charge is 1.00 e. The Morgan fingerprint density at radius 3 is 1.88 bits per heavy atom. The van der Waals surface area contributed by atoms with E-state index in [2.05, 4.69) is 121 Å². The predicted molar refractivity (Wildman–Crippen MR) is 132 cm³/mol. The van der Waals surface area contributed by atoms with Crippen LogP contribution in [0.2, 0.25) is 0 Å². The monoisotopic (exact) mass is 514 g/mol. The van der Waals surface area contributed by atoms with Crippen LogP contribution in [0.1, 0.15) is 28.7 Å². The average molecular weight is 515 g/mol. The van der Waals surface area contributed by atoms with Crippen molar-refractivity contribution >= 4 is 7.68 Å². The zero-order chi connectivity index (χ0) is 21.3. The van der Waals surface area contributed by atoms with Gasteiger partial charge in [0.1, 0.15) is 0 Å².